The number of benzene rings is 2. The molecular formula is C15H18ClNO2. The van der Waals surface area contributed by atoms with Crippen LogP contribution in [0.25, 0.3) is 0 Å². The van der Waals surface area contributed by atoms with Crippen LogP contribution < -0.4 is 10.5 Å². The normalized spacial score (nSPS) is 11.5. The third-order valence-electron chi connectivity index (χ3n) is 2.71. The van der Waals surface area contributed by atoms with Gasteiger partial charge in [0.15, 0.2) is 0 Å². The lowest BCUT2D eigenvalue weighted by atomic mass is 10.1. The molecule has 4 heteroatoms. The fourth-order valence-corrected chi connectivity index (χ4v) is 1.74. The lowest BCUT2D eigenvalue weighted by Gasteiger charge is -2.12. The number of nitrogens with two attached hydrogens (primary N) is 1. The van der Waals surface area contributed by atoms with Gasteiger partial charge in [-0.1, -0.05) is 30.3 Å². The molecule has 102 valence electrons. The van der Waals surface area contributed by atoms with Crippen LogP contribution in [0.2, 0.25) is 0 Å². The van der Waals surface area contributed by atoms with E-state index in [1.54, 1.807) is 0 Å². The second-order valence-corrected chi connectivity index (χ2v) is 4.11. The highest BCUT2D eigenvalue weighted by molar-refractivity contribution is 5.85. The first-order chi connectivity index (χ1) is 8.79. The van der Waals surface area contributed by atoms with Gasteiger partial charge in [0.05, 0.1) is 0 Å². The van der Waals surface area contributed by atoms with E-state index in [0.717, 1.165) is 17.1 Å². The minimum absolute atomic E-state index is 0. The molecule has 0 bridgehead atoms. The van der Waals surface area contributed by atoms with Crippen molar-refractivity contribution in [2.75, 3.05) is 6.61 Å². The molecule has 2 rings (SSSR count). The Balaban J connectivity index is 0.00000180. The maximum absolute atomic E-state index is 8.89. The Morgan fingerprint density at radius 1 is 1.00 bits per heavy atom. The van der Waals surface area contributed by atoms with Crippen molar-refractivity contribution < 1.29 is 9.84 Å². The van der Waals surface area contributed by atoms with Crippen LogP contribution in [-0.4, -0.2) is 11.7 Å². The Hall–Kier alpha value is -1.55. The van der Waals surface area contributed by atoms with Crippen LogP contribution in [-0.2, 0) is 0 Å². The zero-order valence-electron chi connectivity index (χ0n) is 10.5. The number of aliphatic hydroxyl groups is 1. The number of hydrogen-bond acceptors (Lipinski definition) is 3. The van der Waals surface area contributed by atoms with E-state index < -0.39 is 0 Å². The SMILES string of the molecule is Cl.N[C@@H](CCO)c1cccc(Oc2ccccc2)c1. The smallest absolute Gasteiger partial charge is 0.127 e. The number of para-hydroxylation sites is 1. The Morgan fingerprint density at radius 3 is 2.37 bits per heavy atom. The summed E-state index contributed by atoms with van der Waals surface area (Å²) in [6, 6.07) is 17.1. The van der Waals surface area contributed by atoms with Crippen LogP contribution in [0.15, 0.2) is 54.6 Å². The summed E-state index contributed by atoms with van der Waals surface area (Å²) in [5.41, 5.74) is 6.92. The Morgan fingerprint density at radius 2 is 1.68 bits per heavy atom. The highest BCUT2D eigenvalue weighted by Gasteiger charge is 2.06. The summed E-state index contributed by atoms with van der Waals surface area (Å²) >= 11 is 0. The second-order valence-electron chi connectivity index (χ2n) is 4.11. The molecule has 0 saturated heterocycles. The van der Waals surface area contributed by atoms with Gasteiger partial charge in [-0.25, -0.2) is 0 Å². The van der Waals surface area contributed by atoms with Gasteiger partial charge in [0.1, 0.15) is 11.5 Å². The summed E-state index contributed by atoms with van der Waals surface area (Å²) in [4.78, 5) is 0. The van der Waals surface area contributed by atoms with Crippen molar-refractivity contribution in [2.24, 2.45) is 5.73 Å². The zero-order chi connectivity index (χ0) is 12.8. The molecule has 0 aliphatic heterocycles. The predicted molar refractivity (Wildman–Crippen MR) is 78.8 cm³/mol. The fourth-order valence-electron chi connectivity index (χ4n) is 1.74. The molecule has 3 N–H and O–H groups in total. The summed E-state index contributed by atoms with van der Waals surface area (Å²) in [6.07, 6.45) is 0.550. The van der Waals surface area contributed by atoms with Crippen LogP contribution in [0, 0.1) is 0 Å². The molecule has 3 nitrogen and oxygen atoms in total. The van der Waals surface area contributed by atoms with Crippen molar-refractivity contribution in [1.82, 2.24) is 0 Å². The first-order valence-corrected chi connectivity index (χ1v) is 5.99. The molecule has 0 aromatic heterocycles. The van der Waals surface area contributed by atoms with E-state index in [2.05, 4.69) is 0 Å². The van der Waals surface area contributed by atoms with Gasteiger partial charge >= 0.3 is 0 Å². The van der Waals surface area contributed by atoms with Crippen LogP contribution >= 0.6 is 12.4 Å². The van der Waals surface area contributed by atoms with E-state index >= 15 is 0 Å². The second kappa shape index (κ2) is 7.79. The lowest BCUT2D eigenvalue weighted by Crippen LogP contribution is -2.11. The van der Waals surface area contributed by atoms with Gasteiger partial charge in [0, 0.05) is 12.6 Å². The van der Waals surface area contributed by atoms with Crippen molar-refractivity contribution in [3.63, 3.8) is 0 Å². The molecule has 2 aromatic carbocycles. The first-order valence-electron chi connectivity index (χ1n) is 5.99. The Bertz CT molecular complexity index is 491. The van der Waals surface area contributed by atoms with Gasteiger partial charge in [-0.3, -0.25) is 0 Å². The Kier molecular flexibility index (Phi) is 6.36. The van der Waals surface area contributed by atoms with Crippen molar-refractivity contribution in [1.29, 1.82) is 0 Å². The van der Waals surface area contributed by atoms with Crippen molar-refractivity contribution in [3.8, 4) is 11.5 Å². The van der Waals surface area contributed by atoms with E-state index in [-0.39, 0.29) is 25.1 Å². The molecule has 0 saturated carbocycles. The number of hydrogen-bond donors (Lipinski definition) is 2. The van der Waals surface area contributed by atoms with E-state index in [9.17, 15) is 0 Å². The quantitative estimate of drug-likeness (QED) is 0.883. The van der Waals surface area contributed by atoms with Crippen LogP contribution in [0.4, 0.5) is 0 Å². The number of ether oxygens (including phenoxy) is 1. The molecule has 0 heterocycles. The molecule has 0 fully saturated rings. The zero-order valence-corrected chi connectivity index (χ0v) is 11.3. The average Bonchev–Trinajstić information content (AvgIpc) is 2.40. The van der Waals surface area contributed by atoms with Crippen LogP contribution in [0.5, 0.6) is 11.5 Å². The third kappa shape index (κ3) is 4.56. The minimum atomic E-state index is -0.158. The standard InChI is InChI=1S/C15H17NO2.ClH/c16-15(9-10-17)12-5-4-8-14(11-12)18-13-6-2-1-3-7-13;/h1-8,11,15,17H,9-10,16H2;1H/t15-;/m0./s1. The summed E-state index contributed by atoms with van der Waals surface area (Å²) in [5, 5.41) is 8.89. The largest absolute Gasteiger partial charge is 0.457 e. The Labute approximate surface area is 119 Å². The summed E-state index contributed by atoms with van der Waals surface area (Å²) < 4.78 is 5.73. The number of aliphatic hydroxyl groups excluding tert-OH is 1. The molecule has 19 heavy (non-hydrogen) atoms. The molecule has 0 aliphatic carbocycles. The molecule has 0 radical (unpaired) electrons. The van der Waals surface area contributed by atoms with E-state index in [0.29, 0.717) is 6.42 Å². The van der Waals surface area contributed by atoms with Crippen molar-refractivity contribution >= 4 is 12.4 Å². The van der Waals surface area contributed by atoms with Gasteiger partial charge in [0.2, 0.25) is 0 Å². The van der Waals surface area contributed by atoms with E-state index in [1.807, 2.05) is 54.6 Å². The highest BCUT2D eigenvalue weighted by atomic mass is 35.5. The summed E-state index contributed by atoms with van der Waals surface area (Å²) in [6.45, 7) is 0.0882. The van der Waals surface area contributed by atoms with E-state index in [4.69, 9.17) is 15.6 Å². The van der Waals surface area contributed by atoms with Crippen LogP contribution in [0.1, 0.15) is 18.0 Å². The molecule has 0 spiro atoms. The van der Waals surface area contributed by atoms with Crippen molar-refractivity contribution in [2.45, 2.75) is 12.5 Å². The minimum Gasteiger partial charge on any atom is -0.457 e. The van der Waals surface area contributed by atoms with Gasteiger partial charge in [-0.2, -0.15) is 0 Å². The highest BCUT2D eigenvalue weighted by Crippen LogP contribution is 2.24. The molecule has 0 aliphatic rings. The van der Waals surface area contributed by atoms with Gasteiger partial charge in [0.25, 0.3) is 0 Å². The maximum atomic E-state index is 8.89. The monoisotopic (exact) mass is 279 g/mol. The molecule has 0 unspecified atom stereocenters. The fraction of sp³-hybridized carbons (Fsp3) is 0.200. The molecule has 1 atom stereocenters. The molecular weight excluding hydrogens is 262 g/mol. The first kappa shape index (κ1) is 15.5. The van der Waals surface area contributed by atoms with Gasteiger partial charge < -0.3 is 15.6 Å². The number of rotatable bonds is 5. The molecule has 2 aromatic rings. The van der Waals surface area contributed by atoms with E-state index in [1.165, 1.54) is 0 Å². The van der Waals surface area contributed by atoms with Gasteiger partial charge in [-0.05, 0) is 36.2 Å². The summed E-state index contributed by atoms with van der Waals surface area (Å²) in [5.74, 6) is 1.55. The molecule has 0 amide bonds. The predicted octanol–water partition coefficient (Wildman–Crippen LogP) is 3.28. The maximum Gasteiger partial charge on any atom is 0.127 e. The third-order valence-corrected chi connectivity index (χ3v) is 2.71. The van der Waals surface area contributed by atoms with Crippen LogP contribution in [0.3, 0.4) is 0 Å². The average molecular weight is 280 g/mol. The summed E-state index contributed by atoms with van der Waals surface area (Å²) in [7, 11) is 0. The number of halogens is 1. The lowest BCUT2D eigenvalue weighted by molar-refractivity contribution is 0.276. The topological polar surface area (TPSA) is 55.5 Å². The van der Waals surface area contributed by atoms with Crippen molar-refractivity contribution in [3.05, 3.63) is 60.2 Å². The van der Waals surface area contributed by atoms with Gasteiger partial charge in [-0.15, -0.1) is 12.4 Å².